The van der Waals surface area contributed by atoms with Gasteiger partial charge in [-0.3, -0.25) is 0 Å². The lowest BCUT2D eigenvalue weighted by molar-refractivity contribution is 0.0873. The highest BCUT2D eigenvalue weighted by molar-refractivity contribution is 5.47. The number of aromatic nitrogens is 6. The van der Waals surface area contributed by atoms with Crippen molar-refractivity contribution in [2.24, 2.45) is 13.0 Å². The number of anilines is 1. The lowest BCUT2D eigenvalue weighted by Gasteiger charge is -2.36. The van der Waals surface area contributed by atoms with Crippen LogP contribution in [0.25, 0.3) is 5.78 Å². The molecule has 0 radical (unpaired) electrons. The molecule has 2 atom stereocenters. The van der Waals surface area contributed by atoms with Crippen molar-refractivity contribution >= 4 is 11.6 Å². The maximum atomic E-state index is 10.8. The Balaban J connectivity index is 1.63. The summed E-state index contributed by atoms with van der Waals surface area (Å²) < 4.78 is 3.65. The summed E-state index contributed by atoms with van der Waals surface area (Å²) in [5.74, 6) is 2.44. The molecule has 0 aromatic carbocycles. The molecule has 8 heteroatoms. The molecular weight excluding hydrogens is 306 g/mol. The molecule has 8 nitrogen and oxygen atoms in total. The topological polar surface area (TPSA) is 84.4 Å². The van der Waals surface area contributed by atoms with E-state index in [9.17, 15) is 5.11 Å². The van der Waals surface area contributed by atoms with Gasteiger partial charge in [-0.15, -0.1) is 0 Å². The first-order valence-corrected chi connectivity index (χ1v) is 8.21. The average molecular weight is 327 g/mol. The summed E-state index contributed by atoms with van der Waals surface area (Å²) in [6.07, 6.45) is 6.55. The monoisotopic (exact) mass is 327 g/mol. The van der Waals surface area contributed by atoms with Crippen LogP contribution in [0.4, 0.5) is 5.82 Å². The van der Waals surface area contributed by atoms with Crippen LogP contribution in [0.3, 0.4) is 0 Å². The Morgan fingerprint density at radius 3 is 3.00 bits per heavy atom. The van der Waals surface area contributed by atoms with Gasteiger partial charge in [0.2, 0.25) is 0 Å². The van der Waals surface area contributed by atoms with Crippen molar-refractivity contribution in [3.8, 4) is 0 Å². The molecular formula is C16H21N7O. The number of piperidine rings is 1. The van der Waals surface area contributed by atoms with E-state index in [2.05, 4.69) is 25.0 Å². The molecule has 24 heavy (non-hydrogen) atoms. The molecule has 2 unspecified atom stereocenters. The van der Waals surface area contributed by atoms with Gasteiger partial charge in [0.15, 0.2) is 0 Å². The van der Waals surface area contributed by atoms with Crippen molar-refractivity contribution in [1.29, 1.82) is 0 Å². The van der Waals surface area contributed by atoms with Crippen molar-refractivity contribution in [3.63, 3.8) is 0 Å². The van der Waals surface area contributed by atoms with Crippen LogP contribution in [0.1, 0.15) is 30.5 Å². The normalized spacial score (nSPS) is 19.8. The molecule has 0 bridgehead atoms. The van der Waals surface area contributed by atoms with Crippen LogP contribution in [0.5, 0.6) is 0 Å². The van der Waals surface area contributed by atoms with Crippen LogP contribution < -0.4 is 4.90 Å². The third-order valence-electron chi connectivity index (χ3n) is 4.71. The van der Waals surface area contributed by atoms with Gasteiger partial charge < -0.3 is 14.6 Å². The number of aryl methyl sites for hydroxylation is 2. The molecule has 0 aliphatic carbocycles. The predicted molar refractivity (Wildman–Crippen MR) is 88.6 cm³/mol. The number of hydrogen-bond acceptors (Lipinski definition) is 6. The summed E-state index contributed by atoms with van der Waals surface area (Å²) in [7, 11) is 1.91. The summed E-state index contributed by atoms with van der Waals surface area (Å²) >= 11 is 0. The average Bonchev–Trinajstić information content (AvgIpc) is 3.22. The van der Waals surface area contributed by atoms with Crippen LogP contribution in [0, 0.1) is 12.8 Å². The fourth-order valence-corrected chi connectivity index (χ4v) is 3.49. The Hall–Kier alpha value is -2.48. The summed E-state index contributed by atoms with van der Waals surface area (Å²) in [6, 6.07) is 2.03. The molecule has 3 aromatic heterocycles. The zero-order valence-corrected chi connectivity index (χ0v) is 13.9. The highest BCUT2D eigenvalue weighted by Crippen LogP contribution is 2.31. The van der Waals surface area contributed by atoms with Gasteiger partial charge in [0.05, 0.1) is 0 Å². The lowest BCUT2D eigenvalue weighted by Crippen LogP contribution is -2.39. The number of aliphatic hydroxyl groups excluding tert-OH is 1. The van der Waals surface area contributed by atoms with Crippen molar-refractivity contribution < 1.29 is 5.11 Å². The zero-order chi connectivity index (χ0) is 16.7. The van der Waals surface area contributed by atoms with E-state index in [0.717, 1.165) is 43.3 Å². The van der Waals surface area contributed by atoms with Crippen LogP contribution in [0.15, 0.2) is 24.8 Å². The Bertz CT molecular complexity index is 855. The van der Waals surface area contributed by atoms with Crippen molar-refractivity contribution in [2.75, 3.05) is 18.0 Å². The Morgan fingerprint density at radius 1 is 1.33 bits per heavy atom. The molecule has 4 heterocycles. The van der Waals surface area contributed by atoms with Crippen molar-refractivity contribution in [2.45, 2.75) is 25.9 Å². The summed E-state index contributed by atoms with van der Waals surface area (Å²) in [5.41, 5.74) is 0.914. The van der Waals surface area contributed by atoms with Gasteiger partial charge in [0, 0.05) is 50.2 Å². The largest absolute Gasteiger partial charge is 0.385 e. The fraction of sp³-hybridized carbons (Fsp3) is 0.500. The molecule has 1 fully saturated rings. The molecule has 1 aliphatic rings. The molecule has 4 rings (SSSR count). The predicted octanol–water partition coefficient (Wildman–Crippen LogP) is 1.12. The molecule has 1 N–H and O–H groups in total. The molecule has 0 amide bonds. The van der Waals surface area contributed by atoms with E-state index in [4.69, 9.17) is 0 Å². The molecule has 1 saturated heterocycles. The standard InChI is InChI=1S/C16H21N7O/c1-11-8-13(23-16(20-11)18-10-19-23)22-6-3-4-12(9-22)14(24)15-17-5-7-21(15)2/h5,7-8,10,12,14,24H,3-4,6,9H2,1-2H3. The Kier molecular flexibility index (Phi) is 3.68. The number of imidazole rings is 1. The molecule has 0 saturated carbocycles. The number of fused-ring (bicyclic) bond motifs is 1. The second kappa shape index (κ2) is 5.86. The van der Waals surface area contributed by atoms with E-state index in [1.807, 2.05) is 30.8 Å². The van der Waals surface area contributed by atoms with E-state index in [1.165, 1.54) is 6.33 Å². The van der Waals surface area contributed by atoms with E-state index < -0.39 is 6.10 Å². The fourth-order valence-electron chi connectivity index (χ4n) is 3.49. The highest BCUT2D eigenvalue weighted by atomic mass is 16.3. The number of hydrogen-bond donors (Lipinski definition) is 1. The SMILES string of the molecule is Cc1cc(N2CCCC(C(O)c3nccn3C)C2)n2ncnc2n1. The molecule has 1 aliphatic heterocycles. The Morgan fingerprint density at radius 2 is 2.21 bits per heavy atom. The number of rotatable bonds is 3. The van der Waals surface area contributed by atoms with Gasteiger partial charge >= 0.3 is 0 Å². The third-order valence-corrected chi connectivity index (χ3v) is 4.71. The van der Waals surface area contributed by atoms with Crippen molar-refractivity contribution in [3.05, 3.63) is 36.3 Å². The molecule has 3 aromatic rings. The first kappa shape index (κ1) is 15.1. The van der Waals surface area contributed by atoms with E-state index in [0.29, 0.717) is 5.78 Å². The summed E-state index contributed by atoms with van der Waals surface area (Å²) in [5, 5.41) is 15.0. The second-order valence-corrected chi connectivity index (χ2v) is 6.42. The summed E-state index contributed by atoms with van der Waals surface area (Å²) in [4.78, 5) is 15.2. The highest BCUT2D eigenvalue weighted by Gasteiger charge is 2.30. The number of aliphatic hydroxyl groups is 1. The van der Waals surface area contributed by atoms with Crippen LogP contribution in [-0.4, -0.2) is 47.3 Å². The quantitative estimate of drug-likeness (QED) is 0.776. The van der Waals surface area contributed by atoms with Crippen LogP contribution in [0.2, 0.25) is 0 Å². The maximum absolute atomic E-state index is 10.8. The third kappa shape index (κ3) is 2.52. The maximum Gasteiger partial charge on any atom is 0.254 e. The Labute approximate surface area is 139 Å². The minimum Gasteiger partial charge on any atom is -0.385 e. The van der Waals surface area contributed by atoms with E-state index in [1.54, 1.807) is 10.7 Å². The molecule has 0 spiro atoms. The van der Waals surface area contributed by atoms with Gasteiger partial charge in [-0.25, -0.2) is 9.97 Å². The van der Waals surface area contributed by atoms with Crippen LogP contribution in [-0.2, 0) is 7.05 Å². The van der Waals surface area contributed by atoms with Gasteiger partial charge in [-0.05, 0) is 19.8 Å². The summed E-state index contributed by atoms with van der Waals surface area (Å²) in [6.45, 7) is 3.65. The number of nitrogens with zero attached hydrogens (tertiary/aromatic N) is 7. The van der Waals surface area contributed by atoms with E-state index in [-0.39, 0.29) is 5.92 Å². The minimum absolute atomic E-state index is 0.131. The lowest BCUT2D eigenvalue weighted by atomic mass is 9.92. The first-order chi connectivity index (χ1) is 11.6. The van der Waals surface area contributed by atoms with Gasteiger partial charge in [0.25, 0.3) is 5.78 Å². The van der Waals surface area contributed by atoms with Gasteiger partial charge in [0.1, 0.15) is 24.1 Å². The van der Waals surface area contributed by atoms with Gasteiger partial charge in [-0.1, -0.05) is 0 Å². The molecule has 126 valence electrons. The minimum atomic E-state index is -0.568. The van der Waals surface area contributed by atoms with E-state index >= 15 is 0 Å². The smallest absolute Gasteiger partial charge is 0.254 e. The van der Waals surface area contributed by atoms with Crippen molar-refractivity contribution in [1.82, 2.24) is 29.1 Å². The van der Waals surface area contributed by atoms with Crippen LogP contribution >= 0.6 is 0 Å². The second-order valence-electron chi connectivity index (χ2n) is 6.42. The zero-order valence-electron chi connectivity index (χ0n) is 13.9. The van der Waals surface area contributed by atoms with Gasteiger partial charge in [-0.2, -0.15) is 14.6 Å². The first-order valence-electron chi connectivity index (χ1n) is 8.21.